The number of alkyl halides is 2. The molecule has 0 saturated heterocycles. The predicted octanol–water partition coefficient (Wildman–Crippen LogP) is 2.73. The largest absolute Gasteiger partial charge is 0.368 e. The fourth-order valence-electron chi connectivity index (χ4n) is 3.47. The van der Waals surface area contributed by atoms with Gasteiger partial charge in [0.2, 0.25) is 11.8 Å². The van der Waals surface area contributed by atoms with Crippen LogP contribution in [0.2, 0.25) is 5.02 Å². The Labute approximate surface area is 190 Å². The maximum atomic E-state index is 13.5. The molecule has 174 valence electrons. The van der Waals surface area contributed by atoms with E-state index in [0.29, 0.717) is 18.4 Å². The fraction of sp³-hybridized carbons (Fsp3) is 0.350. The number of rotatable bonds is 8. The minimum atomic E-state index is -2.94. The summed E-state index contributed by atoms with van der Waals surface area (Å²) in [6.07, 6.45) is -1.65. The van der Waals surface area contributed by atoms with Gasteiger partial charge in [0.25, 0.3) is 12.3 Å². The van der Waals surface area contributed by atoms with Crippen molar-refractivity contribution >= 4 is 23.4 Å². The summed E-state index contributed by atoms with van der Waals surface area (Å²) in [5.41, 5.74) is 4.46. The van der Waals surface area contributed by atoms with E-state index in [1.54, 1.807) is 6.07 Å². The van der Waals surface area contributed by atoms with Gasteiger partial charge in [-0.05, 0) is 43.5 Å². The first-order valence-corrected chi connectivity index (χ1v) is 10.2. The minimum absolute atomic E-state index is 0.0548. The SMILES string of the molecule is C[C@H](NC(=O)Cn1nc(-c2nc(C3(c4ccc(F)cc4Cl)CC3)no2)cc1C(F)F)C(N)=O. The van der Waals surface area contributed by atoms with Crippen LogP contribution in [0.5, 0.6) is 0 Å². The molecular formula is C20H18ClF3N6O3. The number of hydrogen-bond donors (Lipinski definition) is 2. The number of carbonyl (C=O) groups is 2. The first-order chi connectivity index (χ1) is 15.6. The lowest BCUT2D eigenvalue weighted by Gasteiger charge is -2.12. The standard InChI is InChI=1S/C20H18ClF3N6O3/c1-9(17(25)32)26-15(31)8-30-14(16(23)24)7-13(28-30)18-27-19(29-33-18)20(4-5-20)11-3-2-10(22)6-12(11)21/h2-3,6-7,9,16H,4-5,8H2,1H3,(H2,25,32)(H,26,31)/t9-/m0/s1. The number of primary amides is 1. The van der Waals surface area contributed by atoms with Crippen molar-refractivity contribution in [1.29, 1.82) is 0 Å². The number of nitrogens with two attached hydrogens (primary N) is 1. The van der Waals surface area contributed by atoms with E-state index in [2.05, 4.69) is 20.6 Å². The summed E-state index contributed by atoms with van der Waals surface area (Å²) in [5, 5.41) is 10.5. The smallest absolute Gasteiger partial charge is 0.280 e. The zero-order valence-electron chi connectivity index (χ0n) is 17.2. The van der Waals surface area contributed by atoms with Crippen LogP contribution in [0.3, 0.4) is 0 Å². The van der Waals surface area contributed by atoms with E-state index in [-0.39, 0.29) is 22.4 Å². The number of amides is 2. The molecule has 33 heavy (non-hydrogen) atoms. The second-order valence-corrected chi connectivity index (χ2v) is 8.14. The predicted molar refractivity (Wildman–Crippen MR) is 109 cm³/mol. The molecule has 0 radical (unpaired) electrons. The van der Waals surface area contributed by atoms with Crippen molar-refractivity contribution in [2.75, 3.05) is 0 Å². The molecular weight excluding hydrogens is 465 g/mol. The van der Waals surface area contributed by atoms with Gasteiger partial charge >= 0.3 is 0 Å². The second kappa shape index (κ2) is 8.50. The molecule has 0 bridgehead atoms. The van der Waals surface area contributed by atoms with E-state index in [1.807, 2.05) is 0 Å². The van der Waals surface area contributed by atoms with Gasteiger partial charge in [-0.25, -0.2) is 13.2 Å². The molecule has 4 rings (SSSR count). The van der Waals surface area contributed by atoms with Crippen molar-refractivity contribution in [3.63, 3.8) is 0 Å². The lowest BCUT2D eigenvalue weighted by molar-refractivity contribution is -0.127. The van der Waals surface area contributed by atoms with E-state index < -0.39 is 47.8 Å². The molecule has 3 N–H and O–H groups in total. The number of benzene rings is 1. The number of hydrogen-bond acceptors (Lipinski definition) is 6. The molecule has 13 heteroatoms. The van der Waals surface area contributed by atoms with Crippen LogP contribution in [0, 0.1) is 5.82 Å². The third kappa shape index (κ3) is 4.42. The Kier molecular flexibility index (Phi) is 5.87. The van der Waals surface area contributed by atoms with Gasteiger partial charge in [-0.3, -0.25) is 14.3 Å². The molecule has 2 heterocycles. The highest BCUT2D eigenvalue weighted by Gasteiger charge is 2.51. The summed E-state index contributed by atoms with van der Waals surface area (Å²) < 4.78 is 46.5. The van der Waals surface area contributed by atoms with E-state index in [9.17, 15) is 22.8 Å². The molecule has 0 aliphatic heterocycles. The third-order valence-electron chi connectivity index (χ3n) is 5.40. The average molecular weight is 483 g/mol. The summed E-state index contributed by atoms with van der Waals surface area (Å²) >= 11 is 6.20. The normalized spacial score (nSPS) is 15.5. The number of aromatic nitrogens is 4. The van der Waals surface area contributed by atoms with Crippen molar-refractivity contribution in [1.82, 2.24) is 25.2 Å². The van der Waals surface area contributed by atoms with Crippen LogP contribution in [0.1, 0.15) is 43.3 Å². The highest BCUT2D eigenvalue weighted by Crippen LogP contribution is 2.54. The van der Waals surface area contributed by atoms with Crippen LogP contribution in [-0.2, 0) is 21.5 Å². The molecule has 3 aromatic rings. The molecule has 2 amide bonds. The minimum Gasteiger partial charge on any atom is -0.368 e. The van der Waals surface area contributed by atoms with Crippen molar-refractivity contribution in [3.05, 3.63) is 52.2 Å². The first-order valence-electron chi connectivity index (χ1n) is 9.85. The second-order valence-electron chi connectivity index (χ2n) is 7.73. The van der Waals surface area contributed by atoms with Crippen molar-refractivity contribution in [3.8, 4) is 11.6 Å². The Bertz CT molecular complexity index is 1220. The van der Waals surface area contributed by atoms with Gasteiger partial charge in [-0.15, -0.1) is 0 Å². The summed E-state index contributed by atoms with van der Waals surface area (Å²) in [6.45, 7) is 0.789. The quantitative estimate of drug-likeness (QED) is 0.508. The topological polar surface area (TPSA) is 129 Å². The van der Waals surface area contributed by atoms with Crippen LogP contribution in [0.15, 0.2) is 28.8 Å². The summed E-state index contributed by atoms with van der Waals surface area (Å²) in [4.78, 5) is 27.5. The Morgan fingerprint density at radius 2 is 2.06 bits per heavy atom. The lowest BCUT2D eigenvalue weighted by Crippen LogP contribution is -2.43. The van der Waals surface area contributed by atoms with Gasteiger partial charge in [0.15, 0.2) is 11.5 Å². The van der Waals surface area contributed by atoms with E-state index in [0.717, 1.165) is 10.7 Å². The van der Waals surface area contributed by atoms with E-state index in [1.165, 1.54) is 19.1 Å². The highest BCUT2D eigenvalue weighted by molar-refractivity contribution is 6.31. The van der Waals surface area contributed by atoms with Crippen LogP contribution < -0.4 is 11.1 Å². The molecule has 1 saturated carbocycles. The first kappa shape index (κ1) is 22.8. The highest BCUT2D eigenvalue weighted by atomic mass is 35.5. The molecule has 1 aliphatic rings. The maximum absolute atomic E-state index is 13.5. The summed E-state index contributed by atoms with van der Waals surface area (Å²) in [5.74, 6) is -1.83. The summed E-state index contributed by atoms with van der Waals surface area (Å²) in [7, 11) is 0. The van der Waals surface area contributed by atoms with E-state index in [4.69, 9.17) is 21.9 Å². The van der Waals surface area contributed by atoms with Gasteiger partial charge < -0.3 is 15.6 Å². The number of nitrogens with one attached hydrogen (secondary N) is 1. The van der Waals surface area contributed by atoms with Crippen molar-refractivity contribution in [2.24, 2.45) is 5.73 Å². The average Bonchev–Trinajstić information content (AvgIpc) is 3.18. The molecule has 2 aromatic heterocycles. The van der Waals surface area contributed by atoms with Gasteiger partial charge in [0.05, 0.1) is 5.41 Å². The number of nitrogens with zero attached hydrogens (tertiary/aromatic N) is 4. The van der Waals surface area contributed by atoms with Crippen molar-refractivity contribution in [2.45, 2.75) is 44.2 Å². The van der Waals surface area contributed by atoms with Crippen LogP contribution in [0.25, 0.3) is 11.6 Å². The number of halogens is 4. The zero-order valence-corrected chi connectivity index (χ0v) is 17.9. The van der Waals surface area contributed by atoms with Crippen LogP contribution in [0.4, 0.5) is 13.2 Å². The van der Waals surface area contributed by atoms with Crippen LogP contribution in [-0.4, -0.2) is 37.8 Å². The molecule has 9 nitrogen and oxygen atoms in total. The Hall–Kier alpha value is -3.41. The molecule has 1 atom stereocenters. The zero-order chi connectivity index (χ0) is 23.9. The molecule has 1 aliphatic carbocycles. The molecule has 1 fully saturated rings. The Balaban J connectivity index is 1.60. The van der Waals surface area contributed by atoms with Gasteiger partial charge in [0, 0.05) is 5.02 Å². The van der Waals surface area contributed by atoms with Gasteiger partial charge in [0.1, 0.15) is 24.1 Å². The molecule has 1 aromatic carbocycles. The third-order valence-corrected chi connectivity index (χ3v) is 5.71. The summed E-state index contributed by atoms with van der Waals surface area (Å²) in [6, 6.07) is 4.09. The van der Waals surface area contributed by atoms with E-state index >= 15 is 0 Å². The lowest BCUT2D eigenvalue weighted by atomic mass is 9.95. The Morgan fingerprint density at radius 1 is 1.33 bits per heavy atom. The fourth-order valence-corrected chi connectivity index (χ4v) is 3.82. The van der Waals surface area contributed by atoms with Crippen molar-refractivity contribution < 1.29 is 27.3 Å². The molecule has 0 unspecified atom stereocenters. The monoisotopic (exact) mass is 482 g/mol. The molecule has 0 spiro atoms. The maximum Gasteiger partial charge on any atom is 0.280 e. The number of carbonyl (C=O) groups excluding carboxylic acids is 2. The van der Waals surface area contributed by atoms with Gasteiger partial charge in [-0.2, -0.15) is 10.1 Å². The Morgan fingerprint density at radius 3 is 2.67 bits per heavy atom. The van der Waals surface area contributed by atoms with Gasteiger partial charge in [-0.1, -0.05) is 22.8 Å². The van der Waals surface area contributed by atoms with Crippen LogP contribution >= 0.6 is 11.6 Å².